The zero-order chi connectivity index (χ0) is 15.0. The lowest BCUT2D eigenvalue weighted by Gasteiger charge is -2.30. The number of carbonyl (C=O) groups is 1. The quantitative estimate of drug-likeness (QED) is 0.852. The molecule has 3 heterocycles. The van der Waals surface area contributed by atoms with Crippen molar-refractivity contribution < 1.29 is 9.53 Å². The fraction of sp³-hybridized carbons (Fsp3) is 0.500. The van der Waals surface area contributed by atoms with Crippen LogP contribution in [0, 0.1) is 0 Å². The number of anilines is 1. The van der Waals surface area contributed by atoms with Gasteiger partial charge in [-0.3, -0.25) is 15.6 Å². The Morgan fingerprint density at radius 2 is 2.29 bits per heavy atom. The molecule has 0 spiro atoms. The topological polar surface area (TPSA) is 76.1 Å². The Bertz CT molecular complexity index is 696. The summed E-state index contributed by atoms with van der Waals surface area (Å²) >= 11 is 1.63. The lowest BCUT2D eigenvalue weighted by Crippen LogP contribution is -2.31. The average molecular weight is 306 g/mol. The molecule has 0 radical (unpaired) electrons. The Kier molecular flexibility index (Phi) is 3.54. The Balaban J connectivity index is 2.02. The molecule has 0 saturated heterocycles. The van der Waals surface area contributed by atoms with Gasteiger partial charge in [0.1, 0.15) is 11.2 Å². The minimum absolute atomic E-state index is 0.0745. The maximum atomic E-state index is 11.4. The highest BCUT2D eigenvalue weighted by Crippen LogP contribution is 2.40. The molecule has 112 valence electrons. The molecule has 0 atom stereocenters. The molecule has 1 amide bonds. The van der Waals surface area contributed by atoms with Crippen molar-refractivity contribution in [3.63, 3.8) is 0 Å². The highest BCUT2D eigenvalue weighted by Gasteiger charge is 2.30. The monoisotopic (exact) mass is 306 g/mol. The summed E-state index contributed by atoms with van der Waals surface area (Å²) in [6.07, 6.45) is 2.74. The first kappa shape index (κ1) is 14.2. The third kappa shape index (κ3) is 2.71. The molecule has 7 heteroatoms. The van der Waals surface area contributed by atoms with Gasteiger partial charge >= 0.3 is 0 Å². The number of ether oxygens (including phenoxy) is 1. The van der Waals surface area contributed by atoms with Crippen molar-refractivity contribution in [2.45, 2.75) is 45.8 Å². The molecule has 2 N–H and O–H groups in total. The van der Waals surface area contributed by atoms with E-state index in [9.17, 15) is 4.79 Å². The van der Waals surface area contributed by atoms with Gasteiger partial charge in [-0.2, -0.15) is 0 Å². The maximum absolute atomic E-state index is 11.4. The van der Waals surface area contributed by atoms with E-state index in [1.165, 1.54) is 16.8 Å². The van der Waals surface area contributed by atoms with Crippen LogP contribution in [-0.4, -0.2) is 21.5 Å². The minimum Gasteiger partial charge on any atom is -0.370 e. The molecule has 0 aromatic carbocycles. The molecule has 0 saturated carbocycles. The van der Waals surface area contributed by atoms with Gasteiger partial charge in [0.15, 0.2) is 5.82 Å². The van der Waals surface area contributed by atoms with Crippen molar-refractivity contribution in [3.8, 4) is 0 Å². The molecular formula is C14H18N4O2S. The van der Waals surface area contributed by atoms with Crippen molar-refractivity contribution in [2.24, 2.45) is 0 Å². The average Bonchev–Trinajstić information content (AvgIpc) is 2.81. The fourth-order valence-corrected chi connectivity index (χ4v) is 3.46. The van der Waals surface area contributed by atoms with Crippen molar-refractivity contribution in [1.29, 1.82) is 0 Å². The number of thiophene rings is 1. The van der Waals surface area contributed by atoms with Crippen molar-refractivity contribution >= 4 is 33.3 Å². The Morgan fingerprint density at radius 1 is 1.48 bits per heavy atom. The smallest absolute Gasteiger partial charge is 0.238 e. The molecule has 6 nitrogen and oxygen atoms in total. The third-order valence-electron chi connectivity index (χ3n) is 3.51. The van der Waals surface area contributed by atoms with Crippen LogP contribution < -0.4 is 10.9 Å². The third-order valence-corrected chi connectivity index (χ3v) is 4.62. The summed E-state index contributed by atoms with van der Waals surface area (Å²) in [5.74, 6) is 0.575. The number of hydrazine groups is 1. The van der Waals surface area contributed by atoms with Crippen LogP contribution in [0.4, 0.5) is 5.82 Å². The zero-order valence-electron chi connectivity index (χ0n) is 12.3. The van der Waals surface area contributed by atoms with E-state index in [0.717, 1.165) is 16.6 Å². The van der Waals surface area contributed by atoms with Crippen LogP contribution in [0.3, 0.4) is 0 Å². The van der Waals surface area contributed by atoms with Gasteiger partial charge in [0.2, 0.25) is 5.91 Å². The summed E-state index contributed by atoms with van der Waals surface area (Å²) in [6.45, 7) is 6.56. The first-order chi connectivity index (χ1) is 10.00. The summed E-state index contributed by atoms with van der Waals surface area (Å²) in [6, 6.07) is 0. The van der Waals surface area contributed by atoms with Crippen LogP contribution in [-0.2, 0) is 22.6 Å². The molecule has 1 aliphatic heterocycles. The number of nitrogens with zero attached hydrogens (tertiary/aromatic N) is 2. The van der Waals surface area contributed by atoms with Crippen molar-refractivity contribution in [2.75, 3.05) is 5.43 Å². The molecule has 1 aliphatic rings. The molecule has 21 heavy (non-hydrogen) atoms. The lowest BCUT2D eigenvalue weighted by molar-refractivity contribution is -0.120. The van der Waals surface area contributed by atoms with E-state index in [0.29, 0.717) is 18.8 Å². The van der Waals surface area contributed by atoms with Gasteiger partial charge in [0.05, 0.1) is 17.6 Å². The molecule has 0 bridgehead atoms. The first-order valence-corrected chi connectivity index (χ1v) is 7.76. The van der Waals surface area contributed by atoms with Gasteiger partial charge in [-0.1, -0.05) is 6.92 Å². The molecule has 2 aromatic rings. The fourth-order valence-electron chi connectivity index (χ4n) is 2.39. The van der Waals surface area contributed by atoms with Gasteiger partial charge in [0.25, 0.3) is 0 Å². The van der Waals surface area contributed by atoms with Crippen LogP contribution in [0.25, 0.3) is 10.2 Å². The number of rotatable bonds is 3. The van der Waals surface area contributed by atoms with Gasteiger partial charge < -0.3 is 4.74 Å². The normalized spacial score (nSPS) is 16.5. The SMILES string of the molecule is CCC(=O)NNc1ncnc2sc3c(c12)CC(C)(C)OC3. The van der Waals surface area contributed by atoms with E-state index in [1.54, 1.807) is 18.3 Å². The van der Waals surface area contributed by atoms with E-state index in [4.69, 9.17) is 4.74 Å². The van der Waals surface area contributed by atoms with E-state index in [2.05, 4.69) is 34.7 Å². The second-order valence-corrected chi connectivity index (χ2v) is 6.74. The number of hydrogen-bond donors (Lipinski definition) is 2. The molecule has 0 aliphatic carbocycles. The van der Waals surface area contributed by atoms with Crippen LogP contribution in [0.5, 0.6) is 0 Å². The van der Waals surface area contributed by atoms with E-state index in [-0.39, 0.29) is 11.5 Å². The highest BCUT2D eigenvalue weighted by molar-refractivity contribution is 7.18. The van der Waals surface area contributed by atoms with E-state index >= 15 is 0 Å². The van der Waals surface area contributed by atoms with Gasteiger partial charge in [-0.05, 0) is 19.4 Å². The van der Waals surface area contributed by atoms with Gasteiger partial charge in [-0.15, -0.1) is 11.3 Å². The molecule has 3 rings (SSSR count). The van der Waals surface area contributed by atoms with Crippen LogP contribution in [0.1, 0.15) is 37.6 Å². The standard InChI is InChI=1S/C14H18N4O2S/c1-4-10(19)17-18-12-11-8-5-14(2,3)20-6-9(8)21-13(11)16-7-15-12/h7H,4-6H2,1-3H3,(H,17,19)(H,15,16,18). The van der Waals surface area contributed by atoms with Gasteiger partial charge in [-0.25, -0.2) is 9.97 Å². The second kappa shape index (κ2) is 5.23. The lowest BCUT2D eigenvalue weighted by atomic mass is 9.94. The molecule has 0 fully saturated rings. The number of aromatic nitrogens is 2. The Hall–Kier alpha value is -1.73. The predicted molar refractivity (Wildman–Crippen MR) is 82.0 cm³/mol. The highest BCUT2D eigenvalue weighted by atomic mass is 32.1. The minimum atomic E-state index is -0.194. The summed E-state index contributed by atoms with van der Waals surface area (Å²) in [5.41, 5.74) is 6.60. The van der Waals surface area contributed by atoms with Crippen molar-refractivity contribution in [3.05, 3.63) is 16.8 Å². The number of hydrogen-bond acceptors (Lipinski definition) is 6. The molecular weight excluding hydrogens is 288 g/mol. The van der Waals surface area contributed by atoms with Crippen LogP contribution in [0.2, 0.25) is 0 Å². The number of nitrogens with one attached hydrogen (secondary N) is 2. The Morgan fingerprint density at radius 3 is 3.05 bits per heavy atom. The summed E-state index contributed by atoms with van der Waals surface area (Å²) in [5, 5.41) is 0.991. The molecule has 0 unspecified atom stereocenters. The zero-order valence-corrected chi connectivity index (χ0v) is 13.1. The first-order valence-electron chi connectivity index (χ1n) is 6.94. The molecule has 2 aromatic heterocycles. The van der Waals surface area contributed by atoms with Gasteiger partial charge in [0, 0.05) is 17.7 Å². The number of amides is 1. The van der Waals surface area contributed by atoms with Crippen molar-refractivity contribution in [1.82, 2.24) is 15.4 Å². The summed E-state index contributed by atoms with van der Waals surface area (Å²) in [4.78, 5) is 22.1. The predicted octanol–water partition coefficient (Wildman–Crippen LogP) is 2.40. The van der Waals surface area contributed by atoms with E-state index in [1.807, 2.05) is 0 Å². The second-order valence-electron chi connectivity index (χ2n) is 5.66. The summed E-state index contributed by atoms with van der Waals surface area (Å²) in [7, 11) is 0. The largest absolute Gasteiger partial charge is 0.370 e. The number of fused-ring (bicyclic) bond motifs is 3. The van der Waals surface area contributed by atoms with E-state index < -0.39 is 0 Å². The Labute approximate surface area is 126 Å². The number of carbonyl (C=O) groups excluding carboxylic acids is 1. The van der Waals surface area contributed by atoms with Crippen LogP contribution >= 0.6 is 11.3 Å². The maximum Gasteiger partial charge on any atom is 0.238 e. The van der Waals surface area contributed by atoms with Crippen LogP contribution in [0.15, 0.2) is 6.33 Å². The summed E-state index contributed by atoms with van der Waals surface area (Å²) < 4.78 is 5.85.